The minimum atomic E-state index is 0.591. The minimum Gasteiger partial charge on any atom is -0.308 e. The Hall–Kier alpha value is -1.35. The van der Waals surface area contributed by atoms with E-state index in [0.29, 0.717) is 12.0 Å². The molecular formula is C18H16ClNS. The molecule has 1 N–H and O–H groups in total. The van der Waals surface area contributed by atoms with E-state index >= 15 is 0 Å². The largest absolute Gasteiger partial charge is 0.308 e. The first kappa shape index (κ1) is 13.3. The molecule has 2 atom stereocenters. The van der Waals surface area contributed by atoms with Gasteiger partial charge in [-0.15, -0.1) is 11.3 Å². The first-order valence-electron chi connectivity index (χ1n) is 7.27. The second-order valence-electron chi connectivity index (χ2n) is 5.58. The van der Waals surface area contributed by atoms with Crippen LogP contribution in [0.5, 0.6) is 0 Å². The van der Waals surface area contributed by atoms with Crippen LogP contribution in [0.25, 0.3) is 10.1 Å². The average Bonchev–Trinajstić information content (AvgIpc) is 3.25. The van der Waals surface area contributed by atoms with Crippen molar-refractivity contribution in [2.24, 2.45) is 0 Å². The van der Waals surface area contributed by atoms with Crippen LogP contribution in [0, 0.1) is 0 Å². The molecule has 3 aromatic rings. The van der Waals surface area contributed by atoms with Gasteiger partial charge in [-0.25, -0.2) is 0 Å². The monoisotopic (exact) mass is 313 g/mol. The summed E-state index contributed by atoms with van der Waals surface area (Å²) in [7, 11) is 0. The Kier molecular flexibility index (Phi) is 3.46. The highest BCUT2D eigenvalue weighted by Crippen LogP contribution is 2.41. The van der Waals surface area contributed by atoms with Crippen molar-refractivity contribution in [2.75, 3.05) is 0 Å². The SMILES string of the molecule is Clc1c(CNC2CC2c2ccccc2)sc2ccccc12. The van der Waals surface area contributed by atoms with Gasteiger partial charge in [-0.3, -0.25) is 0 Å². The van der Waals surface area contributed by atoms with Gasteiger partial charge in [-0.05, 0) is 18.1 Å². The van der Waals surface area contributed by atoms with Gasteiger partial charge in [0.1, 0.15) is 0 Å². The minimum absolute atomic E-state index is 0.591. The van der Waals surface area contributed by atoms with Crippen molar-refractivity contribution >= 4 is 33.0 Å². The van der Waals surface area contributed by atoms with E-state index in [1.54, 1.807) is 11.3 Å². The molecule has 1 aliphatic carbocycles. The van der Waals surface area contributed by atoms with Crippen LogP contribution in [0.1, 0.15) is 22.8 Å². The lowest BCUT2D eigenvalue weighted by molar-refractivity contribution is 0.680. The molecule has 1 fully saturated rings. The van der Waals surface area contributed by atoms with Gasteiger partial charge in [-0.2, -0.15) is 0 Å². The van der Waals surface area contributed by atoms with Crippen LogP contribution in [0.3, 0.4) is 0 Å². The molecule has 0 amide bonds. The molecule has 0 saturated heterocycles. The molecule has 0 bridgehead atoms. The topological polar surface area (TPSA) is 12.0 Å². The fourth-order valence-corrected chi connectivity index (χ4v) is 4.34. The molecule has 2 aromatic carbocycles. The Morgan fingerprint density at radius 1 is 1.05 bits per heavy atom. The summed E-state index contributed by atoms with van der Waals surface area (Å²) < 4.78 is 1.27. The van der Waals surface area contributed by atoms with E-state index in [2.05, 4.69) is 53.8 Å². The summed E-state index contributed by atoms with van der Waals surface area (Å²) in [6.07, 6.45) is 1.23. The van der Waals surface area contributed by atoms with E-state index in [1.165, 1.54) is 26.9 Å². The van der Waals surface area contributed by atoms with Crippen molar-refractivity contribution in [1.29, 1.82) is 0 Å². The molecule has 0 radical (unpaired) electrons. The maximum absolute atomic E-state index is 6.48. The molecule has 21 heavy (non-hydrogen) atoms. The zero-order valence-electron chi connectivity index (χ0n) is 11.6. The van der Waals surface area contributed by atoms with Crippen LogP contribution >= 0.6 is 22.9 Å². The standard InChI is InChI=1S/C18H16ClNS/c19-18-13-8-4-5-9-16(13)21-17(18)11-20-15-10-14(15)12-6-2-1-3-7-12/h1-9,14-15,20H,10-11H2. The Balaban J connectivity index is 1.44. The second kappa shape index (κ2) is 5.45. The van der Waals surface area contributed by atoms with Crippen LogP contribution < -0.4 is 5.32 Å². The maximum atomic E-state index is 6.48. The molecule has 0 aliphatic heterocycles. The van der Waals surface area contributed by atoms with E-state index in [4.69, 9.17) is 11.6 Å². The molecule has 1 heterocycles. The first-order valence-corrected chi connectivity index (χ1v) is 8.46. The number of halogens is 1. The van der Waals surface area contributed by atoms with E-state index in [9.17, 15) is 0 Å². The fraction of sp³-hybridized carbons (Fsp3) is 0.222. The van der Waals surface area contributed by atoms with Crippen LogP contribution in [0.4, 0.5) is 0 Å². The fourth-order valence-electron chi connectivity index (χ4n) is 2.89. The van der Waals surface area contributed by atoms with Gasteiger partial charge in [0.15, 0.2) is 0 Å². The third-order valence-corrected chi connectivity index (χ3v) is 5.86. The zero-order valence-corrected chi connectivity index (χ0v) is 13.1. The summed E-state index contributed by atoms with van der Waals surface area (Å²) in [6.45, 7) is 0.867. The number of hydrogen-bond acceptors (Lipinski definition) is 2. The third kappa shape index (κ3) is 2.59. The van der Waals surface area contributed by atoms with Crippen molar-refractivity contribution in [3.63, 3.8) is 0 Å². The Bertz CT molecular complexity index is 765. The summed E-state index contributed by atoms with van der Waals surface area (Å²) in [4.78, 5) is 1.25. The lowest BCUT2D eigenvalue weighted by atomic mass is 10.1. The van der Waals surface area contributed by atoms with Crippen LogP contribution in [0.2, 0.25) is 5.02 Å². The predicted molar refractivity (Wildman–Crippen MR) is 91.3 cm³/mol. The molecule has 2 unspecified atom stereocenters. The number of hydrogen-bond donors (Lipinski definition) is 1. The van der Waals surface area contributed by atoms with Gasteiger partial charge < -0.3 is 5.32 Å². The highest BCUT2D eigenvalue weighted by atomic mass is 35.5. The van der Waals surface area contributed by atoms with E-state index in [0.717, 1.165) is 11.6 Å². The summed E-state index contributed by atoms with van der Waals surface area (Å²) in [5.74, 6) is 0.666. The van der Waals surface area contributed by atoms with Gasteiger partial charge in [-0.1, -0.05) is 60.1 Å². The van der Waals surface area contributed by atoms with Crippen molar-refractivity contribution in [1.82, 2.24) is 5.32 Å². The summed E-state index contributed by atoms with van der Waals surface area (Å²) in [5.41, 5.74) is 1.44. The third-order valence-electron chi connectivity index (χ3n) is 4.14. The van der Waals surface area contributed by atoms with Crippen LogP contribution in [-0.2, 0) is 6.54 Å². The smallest absolute Gasteiger partial charge is 0.0636 e. The highest BCUT2D eigenvalue weighted by molar-refractivity contribution is 7.19. The molecule has 0 spiro atoms. The summed E-state index contributed by atoms with van der Waals surface area (Å²) >= 11 is 8.28. The zero-order chi connectivity index (χ0) is 14.2. The van der Waals surface area contributed by atoms with E-state index < -0.39 is 0 Å². The number of rotatable bonds is 4. The van der Waals surface area contributed by atoms with E-state index in [1.807, 2.05) is 6.07 Å². The Morgan fingerprint density at radius 2 is 1.81 bits per heavy atom. The summed E-state index contributed by atoms with van der Waals surface area (Å²) in [6, 6.07) is 19.7. The second-order valence-corrected chi connectivity index (χ2v) is 7.09. The summed E-state index contributed by atoms with van der Waals surface area (Å²) in [5, 5.41) is 5.74. The van der Waals surface area contributed by atoms with Crippen LogP contribution in [-0.4, -0.2) is 6.04 Å². The quantitative estimate of drug-likeness (QED) is 0.698. The van der Waals surface area contributed by atoms with Gasteiger partial charge in [0.2, 0.25) is 0 Å². The van der Waals surface area contributed by atoms with Gasteiger partial charge in [0.25, 0.3) is 0 Å². The van der Waals surface area contributed by atoms with Crippen LogP contribution in [0.15, 0.2) is 54.6 Å². The van der Waals surface area contributed by atoms with Gasteiger partial charge in [0, 0.05) is 33.5 Å². The van der Waals surface area contributed by atoms with Crippen molar-refractivity contribution in [3.05, 3.63) is 70.1 Å². The highest BCUT2D eigenvalue weighted by Gasteiger charge is 2.37. The van der Waals surface area contributed by atoms with E-state index in [-0.39, 0.29) is 0 Å². The number of nitrogens with one attached hydrogen (secondary N) is 1. The van der Waals surface area contributed by atoms with Crippen molar-refractivity contribution in [2.45, 2.75) is 24.9 Å². The first-order chi connectivity index (χ1) is 10.3. The number of benzene rings is 2. The number of fused-ring (bicyclic) bond motifs is 1. The normalized spacial score (nSPS) is 20.8. The molecule has 1 aromatic heterocycles. The average molecular weight is 314 g/mol. The lowest BCUT2D eigenvalue weighted by Gasteiger charge is -2.03. The molecule has 1 aliphatic rings. The van der Waals surface area contributed by atoms with Crippen molar-refractivity contribution in [3.8, 4) is 0 Å². The molecule has 106 valence electrons. The molecule has 1 nitrogen and oxygen atoms in total. The van der Waals surface area contributed by atoms with Gasteiger partial charge >= 0.3 is 0 Å². The Morgan fingerprint density at radius 3 is 2.62 bits per heavy atom. The Labute approximate surface area is 133 Å². The molecular weight excluding hydrogens is 298 g/mol. The van der Waals surface area contributed by atoms with Crippen molar-refractivity contribution < 1.29 is 0 Å². The predicted octanol–water partition coefficient (Wildman–Crippen LogP) is 5.20. The molecule has 1 saturated carbocycles. The maximum Gasteiger partial charge on any atom is 0.0636 e. The molecule has 4 rings (SSSR count). The van der Waals surface area contributed by atoms with Gasteiger partial charge in [0.05, 0.1) is 5.02 Å². The molecule has 3 heteroatoms. The number of thiophene rings is 1. The lowest BCUT2D eigenvalue weighted by Crippen LogP contribution is -2.16.